The Bertz CT molecular complexity index is 325. The highest BCUT2D eigenvalue weighted by molar-refractivity contribution is 5.97. The Balaban J connectivity index is 2.45. The summed E-state index contributed by atoms with van der Waals surface area (Å²) in [6.45, 7) is 4.22. The number of rotatable bonds is 0. The van der Waals surface area contributed by atoms with Gasteiger partial charge in [0.05, 0.1) is 6.20 Å². The van der Waals surface area contributed by atoms with Crippen LogP contribution in [0.1, 0.15) is 36.3 Å². The van der Waals surface area contributed by atoms with Gasteiger partial charge < -0.3 is 0 Å². The van der Waals surface area contributed by atoms with Crippen molar-refractivity contribution in [2.45, 2.75) is 26.7 Å². The van der Waals surface area contributed by atoms with Crippen molar-refractivity contribution in [1.29, 1.82) is 0 Å². The molecule has 0 saturated heterocycles. The zero-order valence-electron chi connectivity index (χ0n) is 7.35. The van der Waals surface area contributed by atoms with Crippen LogP contribution in [0, 0.1) is 5.41 Å². The number of carbonyl (C=O) groups excluding carboxylic acids is 1. The first-order valence-corrected chi connectivity index (χ1v) is 4.14. The third-order valence-corrected chi connectivity index (χ3v) is 2.30. The Morgan fingerprint density at radius 3 is 3.00 bits per heavy atom. The average Bonchev–Trinajstić information content (AvgIpc) is 2.31. The number of carbonyl (C=O) groups is 1. The van der Waals surface area contributed by atoms with E-state index in [1.54, 1.807) is 6.20 Å². The van der Waals surface area contributed by atoms with Crippen molar-refractivity contribution >= 4 is 5.78 Å². The average molecular weight is 164 g/mol. The zero-order valence-corrected chi connectivity index (χ0v) is 7.35. The van der Waals surface area contributed by atoms with Gasteiger partial charge in [0.1, 0.15) is 5.69 Å². The molecule has 0 aliphatic heterocycles. The summed E-state index contributed by atoms with van der Waals surface area (Å²) in [6.07, 6.45) is 3.33. The van der Waals surface area contributed by atoms with E-state index in [2.05, 4.69) is 24.0 Å². The quantitative estimate of drug-likeness (QED) is 0.632. The molecule has 0 aromatic carbocycles. The molecule has 0 bridgehead atoms. The van der Waals surface area contributed by atoms with E-state index in [9.17, 15) is 4.79 Å². The summed E-state index contributed by atoms with van der Waals surface area (Å²) in [4.78, 5) is 11.5. The molecule has 64 valence electrons. The van der Waals surface area contributed by atoms with E-state index in [0.717, 1.165) is 12.0 Å². The van der Waals surface area contributed by atoms with Crippen molar-refractivity contribution in [3.05, 3.63) is 17.5 Å². The van der Waals surface area contributed by atoms with Crippen molar-refractivity contribution in [1.82, 2.24) is 10.2 Å². The molecular formula is C9H12N2O. The summed E-state index contributed by atoms with van der Waals surface area (Å²) in [6, 6.07) is 0. The fraction of sp³-hybridized carbons (Fsp3) is 0.556. The molecule has 1 aromatic rings. The molecule has 1 N–H and O–H groups in total. The molecule has 0 spiro atoms. The third kappa shape index (κ3) is 1.05. The molecular weight excluding hydrogens is 152 g/mol. The number of aromatic amines is 1. The maximum absolute atomic E-state index is 11.5. The van der Waals surface area contributed by atoms with Gasteiger partial charge in [-0.2, -0.15) is 5.10 Å². The Morgan fingerprint density at radius 2 is 2.25 bits per heavy atom. The predicted molar refractivity (Wildman–Crippen MR) is 45.0 cm³/mol. The summed E-state index contributed by atoms with van der Waals surface area (Å²) in [5, 5.41) is 6.62. The molecule has 0 atom stereocenters. The maximum Gasteiger partial charge on any atom is 0.181 e. The van der Waals surface area contributed by atoms with Crippen molar-refractivity contribution in [3.63, 3.8) is 0 Å². The lowest BCUT2D eigenvalue weighted by atomic mass is 9.76. The molecule has 0 radical (unpaired) electrons. The summed E-state index contributed by atoms with van der Waals surface area (Å²) >= 11 is 0. The monoisotopic (exact) mass is 164 g/mol. The van der Waals surface area contributed by atoms with Crippen LogP contribution in [0.3, 0.4) is 0 Å². The molecule has 3 heteroatoms. The van der Waals surface area contributed by atoms with Gasteiger partial charge in [-0.1, -0.05) is 13.8 Å². The van der Waals surface area contributed by atoms with Crippen LogP contribution in [0.25, 0.3) is 0 Å². The van der Waals surface area contributed by atoms with Gasteiger partial charge in [-0.05, 0) is 11.8 Å². The smallest absolute Gasteiger partial charge is 0.181 e. The normalized spacial score (nSPS) is 20.7. The summed E-state index contributed by atoms with van der Waals surface area (Å²) in [5.41, 5.74) is 1.89. The van der Waals surface area contributed by atoms with E-state index in [-0.39, 0.29) is 11.2 Å². The number of nitrogens with one attached hydrogen (secondary N) is 1. The van der Waals surface area contributed by atoms with E-state index >= 15 is 0 Å². The van der Waals surface area contributed by atoms with Crippen molar-refractivity contribution < 1.29 is 4.79 Å². The second kappa shape index (κ2) is 2.19. The van der Waals surface area contributed by atoms with Gasteiger partial charge in [-0.3, -0.25) is 9.89 Å². The Morgan fingerprint density at radius 1 is 1.50 bits per heavy atom. The minimum atomic E-state index is 0.105. The molecule has 0 unspecified atom stereocenters. The van der Waals surface area contributed by atoms with Gasteiger partial charge >= 0.3 is 0 Å². The second-order valence-electron chi connectivity index (χ2n) is 4.21. The van der Waals surface area contributed by atoms with Gasteiger partial charge in [-0.25, -0.2) is 0 Å². The molecule has 0 fully saturated rings. The molecule has 1 aromatic heterocycles. The van der Waals surface area contributed by atoms with E-state index in [1.807, 2.05) is 0 Å². The topological polar surface area (TPSA) is 45.8 Å². The third-order valence-electron chi connectivity index (χ3n) is 2.30. The van der Waals surface area contributed by atoms with Crippen LogP contribution in [0.2, 0.25) is 0 Å². The lowest BCUT2D eigenvalue weighted by Crippen LogP contribution is -2.26. The van der Waals surface area contributed by atoms with Crippen molar-refractivity contribution in [2.75, 3.05) is 0 Å². The van der Waals surface area contributed by atoms with Crippen LogP contribution < -0.4 is 0 Å². The molecule has 2 rings (SSSR count). The highest BCUT2D eigenvalue weighted by Crippen LogP contribution is 2.33. The molecule has 12 heavy (non-hydrogen) atoms. The Kier molecular flexibility index (Phi) is 1.37. The number of fused-ring (bicyclic) bond motifs is 1. The van der Waals surface area contributed by atoms with Crippen molar-refractivity contribution in [3.8, 4) is 0 Å². The standard InChI is InChI=1S/C9H12N2O/c1-9(2)3-6-5-10-11-8(6)7(12)4-9/h5H,3-4H2,1-2H3,(H,10,11). The van der Waals surface area contributed by atoms with E-state index in [1.165, 1.54) is 0 Å². The molecule has 1 aliphatic rings. The number of Topliss-reactive ketones (excluding diaryl/α,β-unsaturated/α-hetero) is 1. The molecule has 1 heterocycles. The SMILES string of the molecule is CC1(C)CC(=O)c2[nH]ncc2C1. The summed E-state index contributed by atoms with van der Waals surface area (Å²) < 4.78 is 0. The Hall–Kier alpha value is -1.12. The van der Waals surface area contributed by atoms with Crippen LogP contribution in [0.5, 0.6) is 0 Å². The summed E-state index contributed by atoms with van der Waals surface area (Å²) in [7, 11) is 0. The van der Waals surface area contributed by atoms with Crippen molar-refractivity contribution in [2.24, 2.45) is 5.41 Å². The van der Waals surface area contributed by atoms with E-state index in [4.69, 9.17) is 0 Å². The lowest BCUT2D eigenvalue weighted by molar-refractivity contribution is 0.0907. The van der Waals surface area contributed by atoms with Gasteiger partial charge in [0.15, 0.2) is 5.78 Å². The van der Waals surface area contributed by atoms with E-state index < -0.39 is 0 Å². The first kappa shape index (κ1) is 7.53. The van der Waals surface area contributed by atoms with E-state index in [0.29, 0.717) is 12.1 Å². The van der Waals surface area contributed by atoms with Crippen LogP contribution in [-0.4, -0.2) is 16.0 Å². The first-order chi connectivity index (χ1) is 5.58. The molecule has 0 saturated carbocycles. The minimum Gasteiger partial charge on any atom is -0.292 e. The van der Waals surface area contributed by atoms with Crippen LogP contribution >= 0.6 is 0 Å². The number of hydrogen-bond acceptors (Lipinski definition) is 2. The molecule has 1 aliphatic carbocycles. The van der Waals surface area contributed by atoms with Crippen LogP contribution in [0.4, 0.5) is 0 Å². The second-order valence-corrected chi connectivity index (χ2v) is 4.21. The first-order valence-electron chi connectivity index (χ1n) is 4.14. The number of aromatic nitrogens is 2. The fourth-order valence-corrected chi connectivity index (χ4v) is 1.79. The number of H-pyrrole nitrogens is 1. The van der Waals surface area contributed by atoms with Crippen LogP contribution in [-0.2, 0) is 6.42 Å². The maximum atomic E-state index is 11.5. The zero-order chi connectivity index (χ0) is 8.77. The number of hydrogen-bond donors (Lipinski definition) is 1. The highest BCUT2D eigenvalue weighted by atomic mass is 16.1. The summed E-state index contributed by atoms with van der Waals surface area (Å²) in [5.74, 6) is 0.193. The van der Waals surface area contributed by atoms with Gasteiger partial charge in [-0.15, -0.1) is 0 Å². The highest BCUT2D eigenvalue weighted by Gasteiger charge is 2.31. The Labute approximate surface area is 71.2 Å². The molecule has 3 nitrogen and oxygen atoms in total. The van der Waals surface area contributed by atoms with Gasteiger partial charge in [0.25, 0.3) is 0 Å². The minimum absolute atomic E-state index is 0.105. The van der Waals surface area contributed by atoms with Crippen LogP contribution in [0.15, 0.2) is 6.20 Å². The lowest BCUT2D eigenvalue weighted by Gasteiger charge is -2.27. The number of nitrogens with zero attached hydrogens (tertiary/aromatic N) is 1. The number of ketones is 1. The van der Waals surface area contributed by atoms with Gasteiger partial charge in [0.2, 0.25) is 0 Å². The predicted octanol–water partition coefficient (Wildman–Crippen LogP) is 1.56. The van der Waals surface area contributed by atoms with Gasteiger partial charge in [0, 0.05) is 12.0 Å². The molecule has 0 amide bonds. The largest absolute Gasteiger partial charge is 0.292 e. The fourth-order valence-electron chi connectivity index (χ4n) is 1.79.